The summed E-state index contributed by atoms with van der Waals surface area (Å²) in [5, 5.41) is 24.0. The van der Waals surface area contributed by atoms with Crippen molar-refractivity contribution in [3.63, 3.8) is 0 Å². The summed E-state index contributed by atoms with van der Waals surface area (Å²) >= 11 is -2.50. The zero-order chi connectivity index (χ0) is 17.5. The Kier molecular flexibility index (Phi) is 12.2. The molecule has 2 N–H and O–H groups in total. The molecule has 0 aliphatic heterocycles. The smallest absolute Gasteiger partial charge is 0.120 e. The predicted molar refractivity (Wildman–Crippen MR) is 77.4 cm³/mol. The van der Waals surface area contributed by atoms with Crippen LogP contribution in [-0.4, -0.2) is 10.2 Å². The Morgan fingerprint density at radius 1 is 0.783 bits per heavy atom. The Labute approximate surface area is 142 Å². The second-order valence-corrected chi connectivity index (χ2v) is 4.15. The van der Waals surface area contributed by atoms with E-state index < -0.39 is 20.2 Å². The molecule has 122 valence electrons. The van der Waals surface area contributed by atoms with Gasteiger partial charge in [-0.2, -0.15) is 0 Å². The molecule has 0 aromatic heterocycles. The molecular weight excluding hydrogens is 342 g/mol. The van der Waals surface area contributed by atoms with Crippen LogP contribution < -0.4 is 0 Å². The van der Waals surface area contributed by atoms with Gasteiger partial charge in [-0.25, -0.2) is 0 Å². The van der Waals surface area contributed by atoms with Gasteiger partial charge in [0.1, 0.15) is 11.5 Å². The number of hydrogen-bond acceptors (Lipinski definition) is 4. The Bertz CT molecular complexity index is 551. The van der Waals surface area contributed by atoms with E-state index in [1.807, 2.05) is 0 Å². The average molecular weight is 356 g/mol. The quantitative estimate of drug-likeness (QED) is 0.613. The molecule has 0 unspecified atom stereocenters. The molecule has 0 spiro atoms. The summed E-state index contributed by atoms with van der Waals surface area (Å²) in [7, 11) is 0. The largest absolute Gasteiger partial charge is 0.712 e. The van der Waals surface area contributed by atoms with E-state index in [1.165, 1.54) is 0 Å². The zero-order valence-electron chi connectivity index (χ0n) is 12.0. The zero-order valence-corrected chi connectivity index (χ0v) is 13.5. The summed E-state index contributed by atoms with van der Waals surface area (Å²) in [6, 6.07) is 13.5. The molecule has 0 heterocycles. The first-order valence-electron chi connectivity index (χ1n) is 6.22. The van der Waals surface area contributed by atoms with Crippen LogP contribution in [0.3, 0.4) is 0 Å². The first-order chi connectivity index (χ1) is 11.1. The maximum Gasteiger partial charge on any atom is 0.120 e. The fraction of sp³-hybridized carbons (Fsp3) is 0.143. The van der Waals surface area contributed by atoms with Gasteiger partial charge < -0.3 is 31.5 Å². The summed E-state index contributed by atoms with van der Waals surface area (Å²) < 4.78 is 19.5. The number of phenolic OH excluding ortho intramolecular Hbond substituents is 2. The number of rotatable bonds is 4. The molecule has 2 rings (SSSR count). The Morgan fingerprint density at radius 2 is 1.09 bits per heavy atom. The average Bonchev–Trinajstić information content (AvgIpc) is 2.54. The van der Waals surface area contributed by atoms with E-state index in [2.05, 4.69) is 10.2 Å². The van der Waals surface area contributed by atoms with Gasteiger partial charge in [-0.15, -0.1) is 0 Å². The van der Waals surface area contributed by atoms with E-state index in [1.54, 1.807) is 48.5 Å². The van der Waals surface area contributed by atoms with Crippen LogP contribution >= 0.6 is 0 Å². The minimum Gasteiger partial charge on any atom is -0.712 e. The monoisotopic (exact) mass is 356 g/mol. The van der Waals surface area contributed by atoms with Crippen LogP contribution in [-0.2, 0) is 33.3 Å². The van der Waals surface area contributed by atoms with Crippen molar-refractivity contribution in [3.8, 4) is 11.5 Å². The first-order valence-corrected chi connectivity index (χ1v) is 7.40. The number of benzene rings is 2. The minimum atomic E-state index is -2.50. The fourth-order valence-electron chi connectivity index (χ4n) is 1.44. The van der Waals surface area contributed by atoms with Gasteiger partial charge in [-0.1, -0.05) is 36.4 Å². The molecule has 0 fully saturated rings. The van der Waals surface area contributed by atoms with E-state index in [4.69, 9.17) is 21.3 Å². The minimum absolute atomic E-state index is 0.146. The van der Waals surface area contributed by atoms with Crippen molar-refractivity contribution in [1.29, 1.82) is 0 Å². The van der Waals surface area contributed by atoms with Crippen molar-refractivity contribution in [2.75, 3.05) is 0 Å². The maximum atomic E-state index is 9.75. The molecule has 0 bridgehead atoms. The summed E-state index contributed by atoms with van der Waals surface area (Å²) in [6.45, 7) is 0.291. The number of para-hydroxylation sites is 2. The van der Waals surface area contributed by atoms with E-state index in [-0.39, 0.29) is 24.6 Å². The van der Waals surface area contributed by atoms with E-state index in [0.29, 0.717) is 11.1 Å². The Balaban J connectivity index is 0.000000360. The van der Waals surface area contributed by atoms with Crippen molar-refractivity contribution in [2.45, 2.75) is 13.1 Å². The molecule has 0 saturated carbocycles. The van der Waals surface area contributed by atoms with E-state index in [9.17, 15) is 6.18 Å². The third kappa shape index (κ3) is 9.44. The second-order valence-electron chi connectivity index (χ2n) is 3.93. The van der Waals surface area contributed by atoms with E-state index >= 15 is 0 Å². The number of aromatic hydroxyl groups is 2. The molecule has 0 atom stereocenters. The van der Waals surface area contributed by atoms with Gasteiger partial charge in [0, 0.05) is 24.2 Å². The molecule has 0 amide bonds. The first kappa shape index (κ1) is 20.8. The van der Waals surface area contributed by atoms with Crippen LogP contribution in [0.1, 0.15) is 11.1 Å². The third-order valence-corrected chi connectivity index (χ3v) is 2.47. The topological polar surface area (TPSA) is 110 Å². The molecule has 0 aliphatic rings. The van der Waals surface area contributed by atoms with Gasteiger partial charge in [0.15, 0.2) is 0 Å². The van der Waals surface area contributed by atoms with Crippen molar-refractivity contribution in [2.24, 2.45) is 10.2 Å². The summed E-state index contributed by atoms with van der Waals surface area (Å²) in [6.07, 6.45) is 0. The van der Waals surface area contributed by atoms with Crippen LogP contribution in [0.2, 0.25) is 0 Å². The fourth-order valence-corrected chi connectivity index (χ4v) is 1.44. The Morgan fingerprint density at radius 3 is 1.35 bits per heavy atom. The van der Waals surface area contributed by atoms with Crippen LogP contribution in [0.25, 0.3) is 11.1 Å². The van der Waals surface area contributed by atoms with Crippen LogP contribution in [0.5, 0.6) is 11.5 Å². The molecule has 6 nitrogen and oxygen atoms in total. The SMILES string of the molecule is [F][Ti][F].[N-]=NCc1ccccc1O.[N-]=NCc1ccccc1O. The molecule has 0 saturated heterocycles. The molecule has 2 aromatic carbocycles. The number of hydrogen-bond donors (Lipinski definition) is 2. The van der Waals surface area contributed by atoms with Gasteiger partial charge in [-0.05, 0) is 12.1 Å². The van der Waals surface area contributed by atoms with Gasteiger partial charge in [0.25, 0.3) is 0 Å². The van der Waals surface area contributed by atoms with Gasteiger partial charge in [0.2, 0.25) is 0 Å². The van der Waals surface area contributed by atoms with Gasteiger partial charge in [-0.3, -0.25) is 0 Å². The summed E-state index contributed by atoms with van der Waals surface area (Å²) in [5.74, 6) is 0.334. The van der Waals surface area contributed by atoms with Crippen LogP contribution in [0, 0.1) is 0 Å². The third-order valence-electron chi connectivity index (χ3n) is 2.47. The van der Waals surface area contributed by atoms with Crippen molar-refractivity contribution in [3.05, 3.63) is 70.7 Å². The van der Waals surface area contributed by atoms with E-state index in [0.717, 1.165) is 0 Å². The summed E-state index contributed by atoms with van der Waals surface area (Å²) in [5.41, 5.74) is 17.6. The number of halogens is 2. The van der Waals surface area contributed by atoms with Gasteiger partial charge in [0.05, 0.1) is 0 Å². The number of nitrogens with zero attached hydrogens (tertiary/aromatic N) is 4. The summed E-state index contributed by atoms with van der Waals surface area (Å²) in [4.78, 5) is 0. The Hall–Kier alpha value is -2.19. The normalized spacial score (nSPS) is 8.61. The van der Waals surface area contributed by atoms with Crippen molar-refractivity contribution >= 4 is 0 Å². The molecule has 0 radical (unpaired) electrons. The van der Waals surface area contributed by atoms with Crippen molar-refractivity contribution < 1.29 is 36.6 Å². The van der Waals surface area contributed by atoms with Crippen molar-refractivity contribution in [1.82, 2.24) is 0 Å². The van der Waals surface area contributed by atoms with Crippen LogP contribution in [0.4, 0.5) is 6.18 Å². The molecular formula is C14H14F2N4O2Ti-2. The standard InChI is InChI=1S/2C7H7N2O.2FH.Ti/c2*8-9-5-6-3-1-2-4-7(6)10;;;/h2*1-4,10H,5H2;2*1H;/q2*-1;;;+2/p-2. The second kappa shape index (κ2) is 13.5. The molecule has 0 aliphatic carbocycles. The van der Waals surface area contributed by atoms with Gasteiger partial charge >= 0.3 is 26.4 Å². The molecule has 9 heteroatoms. The predicted octanol–water partition coefficient (Wildman–Crippen LogP) is 4.67. The molecule has 2 aromatic rings. The van der Waals surface area contributed by atoms with Crippen LogP contribution in [0.15, 0.2) is 58.8 Å². The molecule has 23 heavy (non-hydrogen) atoms. The number of phenols is 2. The maximum absolute atomic E-state index is 9.75.